The topological polar surface area (TPSA) is 93.8 Å². The van der Waals surface area contributed by atoms with Gasteiger partial charge in [0.25, 0.3) is 5.91 Å². The number of nitrogen functional groups attached to an aromatic ring is 1. The van der Waals surface area contributed by atoms with Gasteiger partial charge in [-0.3, -0.25) is 10.1 Å². The molecule has 2 heterocycles. The van der Waals surface area contributed by atoms with E-state index >= 15 is 0 Å². The Bertz CT molecular complexity index is 529. The van der Waals surface area contributed by atoms with E-state index in [1.165, 1.54) is 23.5 Å². The maximum atomic E-state index is 11.8. The second kappa shape index (κ2) is 4.46. The lowest BCUT2D eigenvalue weighted by Crippen LogP contribution is -2.14. The first kappa shape index (κ1) is 11.5. The number of nitrogens with one attached hydrogen (secondary N) is 1. The Balaban J connectivity index is 2.14. The molecule has 6 nitrogen and oxygen atoms in total. The number of nitrogens with two attached hydrogens (primary N) is 1. The Morgan fingerprint density at radius 1 is 1.35 bits per heavy atom. The van der Waals surface area contributed by atoms with Gasteiger partial charge < -0.3 is 5.73 Å². The van der Waals surface area contributed by atoms with Crippen molar-refractivity contribution in [2.75, 3.05) is 11.1 Å². The fourth-order valence-electron chi connectivity index (χ4n) is 1.15. The Kier molecular flexibility index (Phi) is 3.01. The SMILES string of the molecule is Cc1nc(NC(=O)c2ccc(N)nn2)sc1C. The summed E-state index contributed by atoms with van der Waals surface area (Å²) in [6, 6.07) is 3.05. The van der Waals surface area contributed by atoms with Crippen LogP contribution in [0.15, 0.2) is 12.1 Å². The summed E-state index contributed by atoms with van der Waals surface area (Å²) in [7, 11) is 0. The van der Waals surface area contributed by atoms with Gasteiger partial charge in [0.1, 0.15) is 5.82 Å². The van der Waals surface area contributed by atoms with Crippen LogP contribution in [0.2, 0.25) is 0 Å². The van der Waals surface area contributed by atoms with Crippen molar-refractivity contribution in [3.05, 3.63) is 28.4 Å². The van der Waals surface area contributed by atoms with Gasteiger partial charge in [-0.05, 0) is 26.0 Å². The van der Waals surface area contributed by atoms with Crippen molar-refractivity contribution in [3.8, 4) is 0 Å². The summed E-state index contributed by atoms with van der Waals surface area (Å²) < 4.78 is 0. The van der Waals surface area contributed by atoms with E-state index in [-0.39, 0.29) is 17.4 Å². The number of hydrogen-bond acceptors (Lipinski definition) is 6. The number of nitrogens with zero attached hydrogens (tertiary/aromatic N) is 3. The highest BCUT2D eigenvalue weighted by Gasteiger charge is 2.11. The van der Waals surface area contributed by atoms with E-state index in [2.05, 4.69) is 20.5 Å². The van der Waals surface area contributed by atoms with Crippen LogP contribution in [-0.4, -0.2) is 21.1 Å². The van der Waals surface area contributed by atoms with Crippen LogP contribution < -0.4 is 11.1 Å². The van der Waals surface area contributed by atoms with Crippen molar-refractivity contribution in [3.63, 3.8) is 0 Å². The zero-order valence-corrected chi connectivity index (χ0v) is 10.2. The number of hydrogen-bond donors (Lipinski definition) is 2. The van der Waals surface area contributed by atoms with Crippen LogP contribution in [0.25, 0.3) is 0 Å². The fraction of sp³-hybridized carbons (Fsp3) is 0.200. The third kappa shape index (κ3) is 2.56. The number of aryl methyl sites for hydroxylation is 2. The lowest BCUT2D eigenvalue weighted by Gasteiger charge is -1.99. The number of rotatable bonds is 2. The minimum absolute atomic E-state index is 0.213. The Labute approximate surface area is 102 Å². The number of anilines is 2. The van der Waals surface area contributed by atoms with Gasteiger partial charge in [-0.2, -0.15) is 0 Å². The molecule has 0 unspecified atom stereocenters. The molecule has 7 heteroatoms. The molecule has 0 fully saturated rings. The van der Waals surface area contributed by atoms with Crippen LogP contribution in [0.4, 0.5) is 10.9 Å². The molecule has 0 aliphatic heterocycles. The summed E-state index contributed by atoms with van der Waals surface area (Å²) in [6.07, 6.45) is 0. The van der Waals surface area contributed by atoms with Crippen molar-refractivity contribution in [1.29, 1.82) is 0 Å². The number of carbonyl (C=O) groups excluding carboxylic acids is 1. The molecule has 0 saturated heterocycles. The second-order valence-electron chi connectivity index (χ2n) is 3.46. The summed E-state index contributed by atoms with van der Waals surface area (Å²) in [5.74, 6) is -0.0614. The van der Waals surface area contributed by atoms with Crippen LogP contribution in [0, 0.1) is 13.8 Å². The van der Waals surface area contributed by atoms with Crippen LogP contribution in [-0.2, 0) is 0 Å². The third-order valence-electron chi connectivity index (χ3n) is 2.17. The molecule has 3 N–H and O–H groups in total. The molecule has 0 spiro atoms. The van der Waals surface area contributed by atoms with E-state index in [1.54, 1.807) is 0 Å². The molecule has 0 aromatic carbocycles. The molecule has 0 saturated carbocycles. The maximum Gasteiger partial charge on any atom is 0.277 e. The summed E-state index contributed by atoms with van der Waals surface area (Å²) in [5.41, 5.74) is 6.51. The third-order valence-corrected chi connectivity index (χ3v) is 3.16. The van der Waals surface area contributed by atoms with E-state index < -0.39 is 0 Å². The van der Waals surface area contributed by atoms with Gasteiger partial charge in [0.15, 0.2) is 10.8 Å². The number of thiazole rings is 1. The number of aromatic nitrogens is 3. The molecule has 0 bridgehead atoms. The minimum atomic E-state index is -0.341. The minimum Gasteiger partial charge on any atom is -0.382 e. The molecule has 2 rings (SSSR count). The molecule has 2 aromatic rings. The lowest BCUT2D eigenvalue weighted by molar-refractivity contribution is 0.102. The predicted octanol–water partition coefficient (Wildman–Crippen LogP) is 1.38. The van der Waals surface area contributed by atoms with Gasteiger partial charge in [0.05, 0.1) is 5.69 Å². The quantitative estimate of drug-likeness (QED) is 0.838. The van der Waals surface area contributed by atoms with Gasteiger partial charge in [0, 0.05) is 4.88 Å². The van der Waals surface area contributed by atoms with Gasteiger partial charge >= 0.3 is 0 Å². The summed E-state index contributed by atoms with van der Waals surface area (Å²) in [6.45, 7) is 3.84. The van der Waals surface area contributed by atoms with Crippen LogP contribution >= 0.6 is 11.3 Å². The second-order valence-corrected chi connectivity index (χ2v) is 4.66. The molecular formula is C10H11N5OS. The molecule has 0 radical (unpaired) electrons. The molecule has 0 atom stereocenters. The Hall–Kier alpha value is -2.02. The Morgan fingerprint density at radius 2 is 2.12 bits per heavy atom. The van der Waals surface area contributed by atoms with Crippen molar-refractivity contribution < 1.29 is 4.79 Å². The zero-order valence-electron chi connectivity index (χ0n) is 9.39. The standard InChI is InChI=1S/C10H11N5OS/c1-5-6(2)17-10(12-5)13-9(16)7-3-4-8(11)15-14-7/h3-4H,1-2H3,(H2,11,15)(H,12,13,16). The smallest absolute Gasteiger partial charge is 0.277 e. The van der Waals surface area contributed by atoms with Crippen molar-refractivity contribution in [1.82, 2.24) is 15.2 Å². The van der Waals surface area contributed by atoms with Crippen LogP contribution in [0.1, 0.15) is 21.1 Å². The maximum absolute atomic E-state index is 11.8. The molecule has 17 heavy (non-hydrogen) atoms. The molecule has 88 valence electrons. The van der Waals surface area contributed by atoms with Gasteiger partial charge in [-0.25, -0.2) is 4.98 Å². The van der Waals surface area contributed by atoms with E-state index in [0.29, 0.717) is 5.13 Å². The summed E-state index contributed by atoms with van der Waals surface area (Å²) in [5, 5.41) is 10.5. The highest BCUT2D eigenvalue weighted by molar-refractivity contribution is 7.15. The number of amides is 1. The van der Waals surface area contributed by atoms with Crippen molar-refractivity contribution in [2.24, 2.45) is 0 Å². The largest absolute Gasteiger partial charge is 0.382 e. The van der Waals surface area contributed by atoms with Gasteiger partial charge in [0.2, 0.25) is 0 Å². The summed E-state index contributed by atoms with van der Waals surface area (Å²) in [4.78, 5) is 17.0. The normalized spacial score (nSPS) is 10.2. The molecule has 0 aliphatic rings. The first-order valence-corrected chi connectivity index (χ1v) is 5.72. The average molecular weight is 249 g/mol. The van der Waals surface area contributed by atoms with Crippen LogP contribution in [0.3, 0.4) is 0 Å². The fourth-order valence-corrected chi connectivity index (χ4v) is 1.96. The number of carbonyl (C=O) groups is 1. The Morgan fingerprint density at radius 3 is 2.65 bits per heavy atom. The van der Waals surface area contributed by atoms with E-state index in [4.69, 9.17) is 5.73 Å². The first-order valence-electron chi connectivity index (χ1n) is 4.91. The molecular weight excluding hydrogens is 238 g/mol. The van der Waals surface area contributed by atoms with E-state index in [0.717, 1.165) is 10.6 Å². The summed E-state index contributed by atoms with van der Waals surface area (Å²) >= 11 is 1.42. The van der Waals surface area contributed by atoms with Gasteiger partial charge in [-0.15, -0.1) is 21.5 Å². The van der Waals surface area contributed by atoms with E-state index in [1.807, 2.05) is 13.8 Å². The van der Waals surface area contributed by atoms with Crippen LogP contribution in [0.5, 0.6) is 0 Å². The highest BCUT2D eigenvalue weighted by Crippen LogP contribution is 2.21. The average Bonchev–Trinajstić information content (AvgIpc) is 2.58. The van der Waals surface area contributed by atoms with Crippen molar-refractivity contribution in [2.45, 2.75) is 13.8 Å². The molecule has 0 aliphatic carbocycles. The monoisotopic (exact) mass is 249 g/mol. The predicted molar refractivity (Wildman–Crippen MR) is 66.0 cm³/mol. The lowest BCUT2D eigenvalue weighted by atomic mass is 10.3. The molecule has 1 amide bonds. The van der Waals surface area contributed by atoms with Gasteiger partial charge in [-0.1, -0.05) is 0 Å². The highest BCUT2D eigenvalue weighted by atomic mass is 32.1. The van der Waals surface area contributed by atoms with E-state index in [9.17, 15) is 4.79 Å². The van der Waals surface area contributed by atoms with Crippen molar-refractivity contribution >= 4 is 28.2 Å². The molecule has 2 aromatic heterocycles. The first-order chi connectivity index (χ1) is 8.06. The zero-order chi connectivity index (χ0) is 12.4.